The number of nitrogens with zero attached hydrogens (tertiary/aromatic N) is 2. The topological polar surface area (TPSA) is 65.8 Å². The Kier molecular flexibility index (Phi) is 4.78. The maximum absolute atomic E-state index is 12.6. The van der Waals surface area contributed by atoms with Crippen molar-refractivity contribution >= 4 is 16.9 Å². The molecule has 2 heterocycles. The third kappa shape index (κ3) is 4.06. The van der Waals surface area contributed by atoms with Gasteiger partial charge in [-0.15, -0.1) is 0 Å². The Morgan fingerprint density at radius 3 is 2.63 bits per heavy atom. The highest BCUT2D eigenvalue weighted by Crippen LogP contribution is 2.45. The van der Waals surface area contributed by atoms with E-state index in [1.165, 1.54) is 6.07 Å². The summed E-state index contributed by atoms with van der Waals surface area (Å²) in [5.41, 5.74) is 1.46. The minimum atomic E-state index is -0.305. The SMILES string of the molecule is Cc1ccc2c(=O)cc(C(=O)NCC3(CN4CCN(C)CC4)CC3)oc2c1. The first-order valence-electron chi connectivity index (χ1n) is 9.68. The highest BCUT2D eigenvalue weighted by atomic mass is 16.3. The van der Waals surface area contributed by atoms with E-state index >= 15 is 0 Å². The van der Waals surface area contributed by atoms with E-state index in [0.29, 0.717) is 17.5 Å². The molecule has 27 heavy (non-hydrogen) atoms. The Balaban J connectivity index is 1.41. The zero-order valence-corrected chi connectivity index (χ0v) is 16.1. The molecule has 2 fully saturated rings. The number of rotatable bonds is 5. The first kappa shape index (κ1) is 18.2. The Bertz CT molecular complexity index is 909. The van der Waals surface area contributed by atoms with Gasteiger partial charge < -0.3 is 19.5 Å². The Hall–Kier alpha value is -2.18. The van der Waals surface area contributed by atoms with Crippen LogP contribution >= 0.6 is 0 Å². The minimum Gasteiger partial charge on any atom is -0.451 e. The van der Waals surface area contributed by atoms with Crippen molar-refractivity contribution in [3.05, 3.63) is 45.8 Å². The second-order valence-corrected chi connectivity index (χ2v) is 8.24. The fourth-order valence-electron chi connectivity index (χ4n) is 3.78. The molecule has 2 aromatic rings. The molecule has 1 saturated heterocycles. The summed E-state index contributed by atoms with van der Waals surface area (Å²) in [6.07, 6.45) is 2.28. The van der Waals surface area contributed by atoms with Gasteiger partial charge in [-0.2, -0.15) is 0 Å². The second-order valence-electron chi connectivity index (χ2n) is 8.24. The summed E-state index contributed by atoms with van der Waals surface area (Å²) in [4.78, 5) is 29.7. The van der Waals surface area contributed by atoms with E-state index in [9.17, 15) is 9.59 Å². The van der Waals surface area contributed by atoms with Crippen molar-refractivity contribution in [2.75, 3.05) is 46.3 Å². The molecule has 1 amide bonds. The quantitative estimate of drug-likeness (QED) is 0.871. The minimum absolute atomic E-state index is 0.0912. The molecule has 6 nitrogen and oxygen atoms in total. The summed E-state index contributed by atoms with van der Waals surface area (Å²) >= 11 is 0. The smallest absolute Gasteiger partial charge is 0.287 e. The number of carbonyl (C=O) groups is 1. The number of benzene rings is 1. The first-order valence-corrected chi connectivity index (χ1v) is 9.68. The zero-order chi connectivity index (χ0) is 19.0. The summed E-state index contributed by atoms with van der Waals surface area (Å²) in [7, 11) is 2.16. The maximum atomic E-state index is 12.6. The zero-order valence-electron chi connectivity index (χ0n) is 16.1. The highest BCUT2D eigenvalue weighted by Gasteiger charge is 2.44. The molecule has 144 valence electrons. The van der Waals surface area contributed by atoms with Gasteiger partial charge in [-0.1, -0.05) is 6.07 Å². The van der Waals surface area contributed by atoms with Gasteiger partial charge in [0.1, 0.15) is 5.58 Å². The van der Waals surface area contributed by atoms with Crippen molar-refractivity contribution in [1.29, 1.82) is 0 Å². The molecular formula is C21H27N3O3. The van der Waals surface area contributed by atoms with Crippen LogP contribution in [0.15, 0.2) is 33.5 Å². The van der Waals surface area contributed by atoms with Gasteiger partial charge in [0.05, 0.1) is 5.39 Å². The predicted octanol–water partition coefficient (Wildman–Crippen LogP) is 1.86. The van der Waals surface area contributed by atoms with Crippen LogP contribution in [0.1, 0.15) is 29.0 Å². The standard InChI is InChI=1S/C21H27N3O3/c1-15-3-4-16-17(25)12-19(27-18(16)11-15)20(26)22-13-21(5-6-21)14-24-9-7-23(2)8-10-24/h3-4,11-12H,5-10,13-14H2,1-2H3,(H,22,26). The van der Waals surface area contributed by atoms with Crippen molar-refractivity contribution in [3.63, 3.8) is 0 Å². The number of nitrogens with one attached hydrogen (secondary N) is 1. The number of fused-ring (bicyclic) bond motifs is 1. The Morgan fingerprint density at radius 1 is 1.19 bits per heavy atom. The third-order valence-electron chi connectivity index (χ3n) is 5.84. The fourth-order valence-corrected chi connectivity index (χ4v) is 3.78. The molecule has 0 spiro atoms. The summed E-state index contributed by atoms with van der Waals surface area (Å²) in [6, 6.07) is 6.71. The molecule has 4 rings (SSSR count). The number of aryl methyl sites for hydroxylation is 1. The number of hydrogen-bond donors (Lipinski definition) is 1. The highest BCUT2D eigenvalue weighted by molar-refractivity contribution is 5.93. The van der Waals surface area contributed by atoms with Crippen LogP contribution in [0.25, 0.3) is 11.0 Å². The summed E-state index contributed by atoms with van der Waals surface area (Å²) in [6.45, 7) is 7.97. The fraction of sp³-hybridized carbons (Fsp3) is 0.524. The molecular weight excluding hydrogens is 342 g/mol. The monoisotopic (exact) mass is 369 g/mol. The summed E-state index contributed by atoms with van der Waals surface area (Å²) in [5, 5.41) is 3.50. The van der Waals surface area contributed by atoms with Gasteiger partial charge in [0.15, 0.2) is 11.2 Å². The van der Waals surface area contributed by atoms with Gasteiger partial charge in [-0.25, -0.2) is 0 Å². The number of carbonyl (C=O) groups excluding carboxylic acids is 1. The average molecular weight is 369 g/mol. The van der Waals surface area contributed by atoms with Crippen LogP contribution in [0.4, 0.5) is 0 Å². The molecule has 6 heteroatoms. The molecule has 0 atom stereocenters. The van der Waals surface area contributed by atoms with Crippen molar-refractivity contribution in [2.24, 2.45) is 5.41 Å². The van der Waals surface area contributed by atoms with Crippen LogP contribution in [0.5, 0.6) is 0 Å². The van der Waals surface area contributed by atoms with E-state index in [4.69, 9.17) is 4.42 Å². The number of likely N-dealkylation sites (N-methyl/N-ethyl adjacent to an activating group) is 1. The second kappa shape index (κ2) is 7.09. The van der Waals surface area contributed by atoms with Crippen LogP contribution in [-0.2, 0) is 0 Å². The summed E-state index contributed by atoms with van der Waals surface area (Å²) in [5.74, 6) is -0.214. The molecule has 0 radical (unpaired) electrons. The number of hydrogen-bond acceptors (Lipinski definition) is 5. The van der Waals surface area contributed by atoms with Gasteiger partial charge >= 0.3 is 0 Å². The average Bonchev–Trinajstić information content (AvgIpc) is 3.41. The molecule has 1 aliphatic carbocycles. The van der Waals surface area contributed by atoms with E-state index in [1.807, 2.05) is 13.0 Å². The molecule has 0 bridgehead atoms. The lowest BCUT2D eigenvalue weighted by Gasteiger charge is -2.34. The third-order valence-corrected chi connectivity index (χ3v) is 5.84. The van der Waals surface area contributed by atoms with Gasteiger partial charge in [0.2, 0.25) is 0 Å². The number of piperazine rings is 1. The van der Waals surface area contributed by atoms with Crippen LogP contribution in [0.2, 0.25) is 0 Å². The van der Waals surface area contributed by atoms with Crippen molar-refractivity contribution < 1.29 is 9.21 Å². The van der Waals surface area contributed by atoms with Crippen LogP contribution in [0.3, 0.4) is 0 Å². The normalized spacial score (nSPS) is 19.9. The summed E-state index contributed by atoms with van der Waals surface area (Å²) < 4.78 is 5.70. The predicted molar refractivity (Wildman–Crippen MR) is 105 cm³/mol. The lowest BCUT2D eigenvalue weighted by Crippen LogP contribution is -2.47. The van der Waals surface area contributed by atoms with E-state index < -0.39 is 0 Å². The van der Waals surface area contributed by atoms with Crippen molar-refractivity contribution in [1.82, 2.24) is 15.1 Å². The van der Waals surface area contributed by atoms with E-state index in [-0.39, 0.29) is 22.5 Å². The lowest BCUT2D eigenvalue weighted by atomic mass is 10.1. The molecule has 1 aliphatic heterocycles. The largest absolute Gasteiger partial charge is 0.451 e. The van der Waals surface area contributed by atoms with Crippen molar-refractivity contribution in [3.8, 4) is 0 Å². The molecule has 1 N–H and O–H groups in total. The van der Waals surface area contributed by atoms with E-state index in [0.717, 1.165) is 51.1 Å². The lowest BCUT2D eigenvalue weighted by molar-refractivity contribution is 0.0900. The number of amides is 1. The first-order chi connectivity index (χ1) is 12.9. The van der Waals surface area contributed by atoms with Gasteiger partial charge in [-0.3, -0.25) is 9.59 Å². The molecule has 1 aromatic carbocycles. The van der Waals surface area contributed by atoms with Gasteiger partial charge in [-0.05, 0) is 44.5 Å². The van der Waals surface area contributed by atoms with Crippen LogP contribution in [0, 0.1) is 12.3 Å². The van der Waals surface area contributed by atoms with Crippen LogP contribution < -0.4 is 10.7 Å². The maximum Gasteiger partial charge on any atom is 0.287 e. The van der Waals surface area contributed by atoms with E-state index in [1.54, 1.807) is 12.1 Å². The van der Waals surface area contributed by atoms with E-state index in [2.05, 4.69) is 22.2 Å². The van der Waals surface area contributed by atoms with Gasteiger partial charge in [0, 0.05) is 50.7 Å². The Labute approximate surface area is 159 Å². The van der Waals surface area contributed by atoms with Crippen molar-refractivity contribution in [2.45, 2.75) is 19.8 Å². The van der Waals surface area contributed by atoms with Crippen LogP contribution in [-0.4, -0.2) is 62.0 Å². The molecule has 1 aromatic heterocycles. The molecule has 0 unspecified atom stereocenters. The molecule has 2 aliphatic rings. The molecule has 1 saturated carbocycles. The van der Waals surface area contributed by atoms with Gasteiger partial charge in [0.25, 0.3) is 5.91 Å². The Morgan fingerprint density at radius 2 is 1.93 bits per heavy atom.